The molecule has 1 aliphatic rings. The molecule has 1 atom stereocenters. The van der Waals surface area contributed by atoms with E-state index in [2.05, 4.69) is 5.32 Å². The first kappa shape index (κ1) is 10.5. The molecule has 1 unspecified atom stereocenters. The molecule has 13 heavy (non-hydrogen) atoms. The monoisotopic (exact) mass is 187 g/mol. The van der Waals surface area contributed by atoms with Gasteiger partial charge in [0.2, 0.25) is 0 Å². The van der Waals surface area contributed by atoms with E-state index in [-0.39, 0.29) is 12.0 Å². The summed E-state index contributed by atoms with van der Waals surface area (Å²) in [6.07, 6.45) is 2.36. The van der Waals surface area contributed by atoms with E-state index >= 15 is 0 Å². The first-order valence-corrected chi connectivity index (χ1v) is 4.54. The van der Waals surface area contributed by atoms with Crippen LogP contribution in [0.5, 0.6) is 0 Å². The Morgan fingerprint density at radius 3 is 2.62 bits per heavy atom. The average Bonchev–Trinajstić information content (AvgIpc) is 2.85. The van der Waals surface area contributed by atoms with Gasteiger partial charge in [-0.1, -0.05) is 0 Å². The summed E-state index contributed by atoms with van der Waals surface area (Å²) in [5.74, 6) is -0.299. The third kappa shape index (κ3) is 2.42. The lowest BCUT2D eigenvalue weighted by Gasteiger charge is -2.31. The van der Waals surface area contributed by atoms with Crippen LogP contribution in [0, 0.1) is 5.92 Å². The second kappa shape index (κ2) is 4.07. The number of hydrogen-bond acceptors (Lipinski definition) is 3. The number of carboxylic acids is 1. The van der Waals surface area contributed by atoms with Crippen molar-refractivity contribution < 1.29 is 14.6 Å². The summed E-state index contributed by atoms with van der Waals surface area (Å²) in [6.45, 7) is 0.473. The minimum atomic E-state index is -0.765. The van der Waals surface area contributed by atoms with Gasteiger partial charge in [0.15, 0.2) is 0 Å². The van der Waals surface area contributed by atoms with Crippen molar-refractivity contribution in [3.8, 4) is 0 Å². The molecule has 0 saturated heterocycles. The number of nitrogens with one attached hydrogen (secondary N) is 1. The van der Waals surface area contributed by atoms with E-state index in [1.165, 1.54) is 0 Å². The van der Waals surface area contributed by atoms with Crippen molar-refractivity contribution in [2.24, 2.45) is 5.92 Å². The van der Waals surface area contributed by atoms with Crippen LogP contribution in [-0.2, 0) is 9.53 Å². The Morgan fingerprint density at radius 2 is 2.31 bits per heavy atom. The lowest BCUT2D eigenvalue weighted by molar-refractivity contribution is -0.139. The molecule has 0 aromatic heterocycles. The lowest BCUT2D eigenvalue weighted by atomic mass is 9.90. The molecule has 0 spiro atoms. The summed E-state index contributed by atoms with van der Waals surface area (Å²) >= 11 is 0. The van der Waals surface area contributed by atoms with E-state index in [1.807, 2.05) is 0 Å². The van der Waals surface area contributed by atoms with E-state index in [9.17, 15) is 4.79 Å². The van der Waals surface area contributed by atoms with Crippen molar-refractivity contribution in [2.75, 3.05) is 20.8 Å². The van der Waals surface area contributed by atoms with Crippen molar-refractivity contribution in [2.45, 2.75) is 24.8 Å². The Bertz CT molecular complexity index is 191. The fraction of sp³-hybridized carbons (Fsp3) is 0.889. The zero-order valence-corrected chi connectivity index (χ0v) is 8.17. The van der Waals surface area contributed by atoms with Crippen LogP contribution in [0.2, 0.25) is 0 Å². The van der Waals surface area contributed by atoms with Gasteiger partial charge in [-0.15, -0.1) is 0 Å². The molecule has 1 rings (SSSR count). The zero-order chi connectivity index (χ0) is 9.90. The molecule has 0 aliphatic heterocycles. The molecule has 0 radical (unpaired) electrons. The van der Waals surface area contributed by atoms with Crippen LogP contribution in [0.1, 0.15) is 19.3 Å². The Balaban J connectivity index is 2.62. The average molecular weight is 187 g/mol. The van der Waals surface area contributed by atoms with Crippen LogP contribution in [0.15, 0.2) is 0 Å². The fourth-order valence-electron chi connectivity index (χ4n) is 1.84. The molecule has 1 aliphatic carbocycles. The third-order valence-electron chi connectivity index (χ3n) is 2.73. The van der Waals surface area contributed by atoms with Crippen molar-refractivity contribution in [1.82, 2.24) is 5.32 Å². The number of methoxy groups -OCH3 is 1. The van der Waals surface area contributed by atoms with Crippen LogP contribution in [0.25, 0.3) is 0 Å². The molecule has 1 fully saturated rings. The maximum absolute atomic E-state index is 10.7. The highest BCUT2D eigenvalue weighted by Crippen LogP contribution is 2.41. The number of carbonyl (C=O) groups is 1. The zero-order valence-electron chi connectivity index (χ0n) is 8.17. The topological polar surface area (TPSA) is 58.6 Å². The van der Waals surface area contributed by atoms with Crippen LogP contribution in [0.4, 0.5) is 0 Å². The Hall–Kier alpha value is -0.610. The predicted molar refractivity (Wildman–Crippen MR) is 48.6 cm³/mol. The predicted octanol–water partition coefficient (Wildman–Crippen LogP) is 0.476. The standard InChI is InChI=1S/C9H17NO3/c1-10-9(6-13-2,5-8(11)12)7-3-4-7/h7,10H,3-6H2,1-2H3,(H,11,12). The molecule has 0 aromatic carbocycles. The minimum Gasteiger partial charge on any atom is -0.481 e. The van der Waals surface area contributed by atoms with Gasteiger partial charge in [0.1, 0.15) is 0 Å². The molecule has 1 saturated carbocycles. The molecular formula is C9H17NO3. The largest absolute Gasteiger partial charge is 0.481 e. The normalized spacial score (nSPS) is 21.1. The van der Waals surface area contributed by atoms with E-state index in [0.29, 0.717) is 12.5 Å². The van der Waals surface area contributed by atoms with Crippen LogP contribution in [-0.4, -0.2) is 37.4 Å². The van der Waals surface area contributed by atoms with Gasteiger partial charge in [0.05, 0.1) is 18.6 Å². The van der Waals surface area contributed by atoms with Gasteiger partial charge in [-0.05, 0) is 25.8 Å². The molecule has 76 valence electrons. The van der Waals surface area contributed by atoms with Crippen LogP contribution < -0.4 is 5.32 Å². The summed E-state index contributed by atoms with van der Waals surface area (Å²) < 4.78 is 5.07. The lowest BCUT2D eigenvalue weighted by Crippen LogP contribution is -2.50. The quantitative estimate of drug-likeness (QED) is 0.635. The SMILES string of the molecule is CNC(COC)(CC(=O)O)C1CC1. The summed E-state index contributed by atoms with van der Waals surface area (Å²) in [5, 5.41) is 11.9. The highest BCUT2D eigenvalue weighted by atomic mass is 16.5. The maximum Gasteiger partial charge on any atom is 0.305 e. The van der Waals surface area contributed by atoms with Gasteiger partial charge in [-0.25, -0.2) is 0 Å². The highest BCUT2D eigenvalue weighted by Gasteiger charge is 2.45. The highest BCUT2D eigenvalue weighted by molar-refractivity contribution is 5.68. The van der Waals surface area contributed by atoms with Crippen molar-refractivity contribution in [1.29, 1.82) is 0 Å². The van der Waals surface area contributed by atoms with Gasteiger partial charge in [-0.3, -0.25) is 4.79 Å². The molecule has 0 amide bonds. The molecule has 0 aromatic rings. The van der Waals surface area contributed by atoms with E-state index < -0.39 is 5.97 Å². The number of likely N-dealkylation sites (N-methyl/N-ethyl adjacent to an activating group) is 1. The number of ether oxygens (including phenoxy) is 1. The van der Waals surface area contributed by atoms with E-state index in [1.54, 1.807) is 14.2 Å². The number of hydrogen-bond donors (Lipinski definition) is 2. The first-order valence-electron chi connectivity index (χ1n) is 4.54. The first-order chi connectivity index (χ1) is 6.14. The van der Waals surface area contributed by atoms with Gasteiger partial charge >= 0.3 is 5.97 Å². The molecule has 4 nitrogen and oxygen atoms in total. The summed E-state index contributed by atoms with van der Waals surface area (Å²) in [6, 6.07) is 0. The fourth-order valence-corrected chi connectivity index (χ4v) is 1.84. The molecule has 0 bridgehead atoms. The van der Waals surface area contributed by atoms with Gasteiger partial charge in [0.25, 0.3) is 0 Å². The Kier molecular flexibility index (Phi) is 3.27. The van der Waals surface area contributed by atoms with E-state index in [0.717, 1.165) is 12.8 Å². The summed E-state index contributed by atoms with van der Waals surface area (Å²) in [5.41, 5.74) is -0.347. The summed E-state index contributed by atoms with van der Waals surface area (Å²) in [4.78, 5) is 10.7. The van der Waals surface area contributed by atoms with E-state index in [4.69, 9.17) is 9.84 Å². The maximum atomic E-state index is 10.7. The van der Waals surface area contributed by atoms with Gasteiger partial charge < -0.3 is 15.2 Å². The molecule has 0 heterocycles. The second-order valence-corrected chi connectivity index (χ2v) is 3.68. The minimum absolute atomic E-state index is 0.141. The van der Waals surface area contributed by atoms with Gasteiger partial charge in [0, 0.05) is 7.11 Å². The molecule has 2 N–H and O–H groups in total. The van der Waals surface area contributed by atoms with Crippen LogP contribution in [0.3, 0.4) is 0 Å². The van der Waals surface area contributed by atoms with Crippen LogP contribution >= 0.6 is 0 Å². The number of rotatable bonds is 6. The molecule has 4 heteroatoms. The smallest absolute Gasteiger partial charge is 0.305 e. The summed E-state index contributed by atoms with van der Waals surface area (Å²) in [7, 11) is 3.41. The molecular weight excluding hydrogens is 170 g/mol. The Morgan fingerprint density at radius 1 is 1.69 bits per heavy atom. The Labute approximate surface area is 78.3 Å². The second-order valence-electron chi connectivity index (χ2n) is 3.68. The third-order valence-corrected chi connectivity index (χ3v) is 2.73. The van der Waals surface area contributed by atoms with Crippen molar-refractivity contribution in [3.63, 3.8) is 0 Å². The van der Waals surface area contributed by atoms with Crippen molar-refractivity contribution in [3.05, 3.63) is 0 Å². The van der Waals surface area contributed by atoms with Crippen molar-refractivity contribution >= 4 is 5.97 Å². The number of carboxylic acid groups (broad SMARTS) is 1. The van der Waals surface area contributed by atoms with Gasteiger partial charge in [-0.2, -0.15) is 0 Å². The number of aliphatic carboxylic acids is 1.